The Labute approximate surface area is 194 Å². The predicted octanol–water partition coefficient (Wildman–Crippen LogP) is 3.72. The molecular formula is C27H29N3O3. The molecule has 1 aliphatic rings. The lowest BCUT2D eigenvalue weighted by Crippen LogP contribution is -2.54. The van der Waals surface area contributed by atoms with E-state index < -0.39 is 5.41 Å². The van der Waals surface area contributed by atoms with E-state index in [1.807, 2.05) is 48.7 Å². The zero-order valence-electron chi connectivity index (χ0n) is 18.9. The number of carbonyl (C=O) groups is 2. The van der Waals surface area contributed by atoms with Crippen molar-refractivity contribution >= 4 is 11.8 Å². The van der Waals surface area contributed by atoms with Crippen molar-refractivity contribution in [1.29, 1.82) is 0 Å². The van der Waals surface area contributed by atoms with Gasteiger partial charge in [0.25, 0.3) is 5.91 Å². The van der Waals surface area contributed by atoms with Gasteiger partial charge in [0.05, 0.1) is 5.41 Å². The molecule has 170 valence electrons. The van der Waals surface area contributed by atoms with Crippen LogP contribution < -0.4 is 10.1 Å². The molecule has 2 aromatic carbocycles. The Morgan fingerprint density at radius 3 is 2.52 bits per heavy atom. The Morgan fingerprint density at radius 1 is 1.03 bits per heavy atom. The molecule has 0 radical (unpaired) electrons. The van der Waals surface area contributed by atoms with Gasteiger partial charge in [0.1, 0.15) is 5.75 Å². The fraction of sp³-hybridized carbons (Fsp3) is 0.296. The van der Waals surface area contributed by atoms with E-state index in [2.05, 4.69) is 34.6 Å². The first-order valence-corrected chi connectivity index (χ1v) is 11.3. The highest BCUT2D eigenvalue weighted by atomic mass is 16.5. The summed E-state index contributed by atoms with van der Waals surface area (Å²) < 4.78 is 5.65. The highest BCUT2D eigenvalue weighted by molar-refractivity contribution is 5.85. The van der Waals surface area contributed by atoms with Crippen LogP contribution in [0.4, 0.5) is 0 Å². The van der Waals surface area contributed by atoms with Crippen LogP contribution in [0.25, 0.3) is 11.1 Å². The second-order valence-electron chi connectivity index (χ2n) is 8.50. The molecule has 1 aliphatic heterocycles. The van der Waals surface area contributed by atoms with E-state index in [0.717, 1.165) is 29.5 Å². The first-order valence-electron chi connectivity index (χ1n) is 11.3. The van der Waals surface area contributed by atoms with Crippen molar-refractivity contribution in [3.63, 3.8) is 0 Å². The van der Waals surface area contributed by atoms with Crippen LogP contribution in [0.5, 0.6) is 5.75 Å². The van der Waals surface area contributed by atoms with Crippen LogP contribution >= 0.6 is 0 Å². The number of amides is 2. The van der Waals surface area contributed by atoms with Gasteiger partial charge in [0.2, 0.25) is 5.91 Å². The van der Waals surface area contributed by atoms with E-state index in [9.17, 15) is 9.59 Å². The number of hydrogen-bond donors (Lipinski definition) is 1. The number of rotatable bonds is 7. The topological polar surface area (TPSA) is 71.5 Å². The van der Waals surface area contributed by atoms with E-state index in [4.69, 9.17) is 4.74 Å². The molecule has 1 saturated heterocycles. The summed E-state index contributed by atoms with van der Waals surface area (Å²) in [5.41, 5.74) is 2.55. The summed E-state index contributed by atoms with van der Waals surface area (Å²) in [6.07, 6.45) is 5.68. The van der Waals surface area contributed by atoms with Gasteiger partial charge in [-0.25, -0.2) is 0 Å². The van der Waals surface area contributed by atoms with Crippen LogP contribution in [0.3, 0.4) is 0 Å². The number of pyridine rings is 1. The molecule has 0 unspecified atom stereocenters. The fourth-order valence-corrected chi connectivity index (χ4v) is 4.51. The van der Waals surface area contributed by atoms with Gasteiger partial charge in [0, 0.05) is 32.5 Å². The number of nitrogens with zero attached hydrogens (tertiary/aromatic N) is 2. The quantitative estimate of drug-likeness (QED) is 0.604. The number of piperidine rings is 1. The lowest BCUT2D eigenvalue weighted by Gasteiger charge is -2.41. The zero-order valence-corrected chi connectivity index (χ0v) is 18.9. The smallest absolute Gasteiger partial charge is 0.260 e. The highest BCUT2D eigenvalue weighted by Crippen LogP contribution is 2.35. The van der Waals surface area contributed by atoms with Crippen LogP contribution in [-0.4, -0.2) is 48.4 Å². The van der Waals surface area contributed by atoms with Gasteiger partial charge in [-0.2, -0.15) is 0 Å². The van der Waals surface area contributed by atoms with Gasteiger partial charge in [0.15, 0.2) is 6.61 Å². The summed E-state index contributed by atoms with van der Waals surface area (Å²) in [6.45, 7) is 0.983. The van der Waals surface area contributed by atoms with Crippen molar-refractivity contribution in [1.82, 2.24) is 15.2 Å². The first-order chi connectivity index (χ1) is 16.1. The van der Waals surface area contributed by atoms with Gasteiger partial charge in [-0.1, -0.05) is 48.5 Å². The maximum atomic E-state index is 13.0. The molecule has 0 aliphatic carbocycles. The summed E-state index contributed by atoms with van der Waals surface area (Å²) in [7, 11) is 1.66. The Balaban J connectivity index is 1.47. The highest BCUT2D eigenvalue weighted by Gasteiger charge is 2.43. The second-order valence-corrected chi connectivity index (χ2v) is 8.50. The van der Waals surface area contributed by atoms with Crippen LogP contribution in [0, 0.1) is 5.41 Å². The number of aromatic nitrogens is 1. The Hall–Kier alpha value is -3.67. The molecule has 0 bridgehead atoms. The summed E-state index contributed by atoms with van der Waals surface area (Å²) >= 11 is 0. The van der Waals surface area contributed by atoms with Gasteiger partial charge < -0.3 is 15.0 Å². The molecule has 0 spiro atoms. The Kier molecular flexibility index (Phi) is 7.03. The van der Waals surface area contributed by atoms with E-state index in [0.29, 0.717) is 25.3 Å². The minimum absolute atomic E-state index is 0.0275. The lowest BCUT2D eigenvalue weighted by atomic mass is 9.74. The molecule has 3 aromatic rings. The molecular weight excluding hydrogens is 414 g/mol. The molecule has 1 aromatic heterocycles. The lowest BCUT2D eigenvalue weighted by molar-refractivity contribution is -0.142. The zero-order chi connectivity index (χ0) is 23.1. The van der Waals surface area contributed by atoms with Gasteiger partial charge >= 0.3 is 0 Å². The third-order valence-corrected chi connectivity index (χ3v) is 6.24. The SMILES string of the molecule is CNC(=O)[C@@]1(Cc2ccc(-c3cccnc3)cc2)CCCN(C(=O)COc2ccccc2)C1. The number of nitrogens with one attached hydrogen (secondary N) is 1. The van der Waals surface area contributed by atoms with Gasteiger partial charge in [-0.05, 0) is 54.2 Å². The standard InChI is InChI=1S/C27H29N3O3/c1-28-26(32)27(17-21-10-12-22(13-11-21)23-7-5-15-29-18-23)14-6-16-30(20-27)25(31)19-33-24-8-3-2-4-9-24/h2-5,7-13,15,18H,6,14,16-17,19-20H2,1H3,(H,28,32)/t27-/m1/s1. The third-order valence-electron chi connectivity index (χ3n) is 6.24. The van der Waals surface area contributed by atoms with Crippen LogP contribution in [0.2, 0.25) is 0 Å². The largest absolute Gasteiger partial charge is 0.484 e. The van der Waals surface area contributed by atoms with Crippen molar-refractivity contribution in [3.8, 4) is 16.9 Å². The molecule has 1 atom stereocenters. The molecule has 6 nitrogen and oxygen atoms in total. The maximum absolute atomic E-state index is 13.0. The Bertz CT molecular complexity index is 1070. The van der Waals surface area contributed by atoms with Crippen molar-refractivity contribution in [3.05, 3.63) is 84.7 Å². The molecule has 2 heterocycles. The number of carbonyl (C=O) groups excluding carboxylic acids is 2. The first kappa shape index (κ1) is 22.5. The molecule has 4 rings (SSSR count). The number of ether oxygens (including phenoxy) is 1. The second kappa shape index (κ2) is 10.3. The van der Waals surface area contributed by atoms with Crippen molar-refractivity contribution in [2.45, 2.75) is 19.3 Å². The Morgan fingerprint density at radius 2 is 1.82 bits per heavy atom. The summed E-state index contributed by atoms with van der Waals surface area (Å²) in [5, 5.41) is 2.83. The molecule has 1 N–H and O–H groups in total. The van der Waals surface area contributed by atoms with Crippen molar-refractivity contribution < 1.29 is 14.3 Å². The molecule has 1 fully saturated rings. The van der Waals surface area contributed by atoms with E-state index in [1.165, 1.54) is 0 Å². The number of hydrogen-bond acceptors (Lipinski definition) is 4. The summed E-state index contributed by atoms with van der Waals surface area (Å²) in [5.74, 6) is 0.535. The fourth-order valence-electron chi connectivity index (χ4n) is 4.51. The number of para-hydroxylation sites is 1. The number of likely N-dealkylation sites (tertiary alicyclic amines) is 1. The maximum Gasteiger partial charge on any atom is 0.260 e. The third kappa shape index (κ3) is 5.40. The van der Waals surface area contributed by atoms with Crippen LogP contribution in [0.1, 0.15) is 18.4 Å². The monoisotopic (exact) mass is 443 g/mol. The summed E-state index contributed by atoms with van der Waals surface area (Å²) in [6, 6.07) is 21.5. The minimum atomic E-state index is -0.661. The molecule has 33 heavy (non-hydrogen) atoms. The van der Waals surface area contributed by atoms with Crippen LogP contribution in [-0.2, 0) is 16.0 Å². The van der Waals surface area contributed by atoms with E-state index in [1.54, 1.807) is 18.1 Å². The molecule has 2 amide bonds. The minimum Gasteiger partial charge on any atom is -0.484 e. The van der Waals surface area contributed by atoms with E-state index in [-0.39, 0.29) is 18.4 Å². The van der Waals surface area contributed by atoms with E-state index >= 15 is 0 Å². The predicted molar refractivity (Wildman–Crippen MR) is 128 cm³/mol. The molecule has 0 saturated carbocycles. The average molecular weight is 444 g/mol. The molecule has 6 heteroatoms. The summed E-state index contributed by atoms with van der Waals surface area (Å²) in [4.78, 5) is 31.9. The van der Waals surface area contributed by atoms with Gasteiger partial charge in [-0.15, -0.1) is 0 Å². The normalized spacial score (nSPS) is 17.9. The van der Waals surface area contributed by atoms with Crippen molar-refractivity contribution in [2.75, 3.05) is 26.7 Å². The average Bonchev–Trinajstić information content (AvgIpc) is 2.88. The van der Waals surface area contributed by atoms with Crippen LogP contribution in [0.15, 0.2) is 79.1 Å². The number of benzene rings is 2. The van der Waals surface area contributed by atoms with Gasteiger partial charge in [-0.3, -0.25) is 14.6 Å². The van der Waals surface area contributed by atoms with Crippen molar-refractivity contribution in [2.24, 2.45) is 5.41 Å².